The number of rotatable bonds is 1. The summed E-state index contributed by atoms with van der Waals surface area (Å²) in [5.41, 5.74) is 5.42. The van der Waals surface area contributed by atoms with Gasteiger partial charge < -0.3 is 10.2 Å². The van der Waals surface area contributed by atoms with E-state index in [9.17, 15) is 0 Å². The summed E-state index contributed by atoms with van der Waals surface area (Å²) in [5.74, 6) is 1.55. The Balaban J connectivity index is 1.85. The molecular formula is C9H14N4O. The molecule has 0 radical (unpaired) electrons. The van der Waals surface area contributed by atoms with Crippen LogP contribution in [0.5, 0.6) is 0 Å². The van der Waals surface area contributed by atoms with Crippen LogP contribution in [0.25, 0.3) is 0 Å². The van der Waals surface area contributed by atoms with Crippen molar-refractivity contribution in [2.24, 2.45) is 5.92 Å². The maximum Gasteiger partial charge on any atom is 0.312 e. The van der Waals surface area contributed by atoms with E-state index >= 15 is 0 Å². The number of nitrogen functional groups attached to an aromatic ring is 1. The van der Waals surface area contributed by atoms with Gasteiger partial charge >= 0.3 is 6.01 Å². The molecule has 2 bridgehead atoms. The lowest BCUT2D eigenvalue weighted by Gasteiger charge is -2.43. The molecule has 0 saturated carbocycles. The number of aromatic nitrogens is 2. The first kappa shape index (κ1) is 8.23. The van der Waals surface area contributed by atoms with Crippen LogP contribution in [0.4, 0.5) is 6.01 Å². The predicted molar refractivity (Wildman–Crippen MR) is 50.4 cm³/mol. The molecular weight excluding hydrogens is 180 g/mol. The molecule has 3 fully saturated rings. The van der Waals surface area contributed by atoms with Crippen LogP contribution in [0.3, 0.4) is 0 Å². The molecule has 76 valence electrons. The molecule has 3 aliphatic rings. The summed E-state index contributed by atoms with van der Waals surface area (Å²) < 4.78 is 5.29. The molecule has 5 nitrogen and oxygen atoms in total. The second-order valence-corrected chi connectivity index (χ2v) is 4.21. The van der Waals surface area contributed by atoms with Crippen molar-refractivity contribution >= 4 is 6.01 Å². The first-order valence-corrected chi connectivity index (χ1v) is 5.16. The third kappa shape index (κ3) is 1.19. The Labute approximate surface area is 82.3 Å². The zero-order valence-electron chi connectivity index (χ0n) is 8.02. The van der Waals surface area contributed by atoms with Crippen LogP contribution in [0.2, 0.25) is 0 Å². The average molecular weight is 194 g/mol. The Kier molecular flexibility index (Phi) is 1.73. The Morgan fingerprint density at radius 3 is 2.57 bits per heavy atom. The van der Waals surface area contributed by atoms with Crippen molar-refractivity contribution in [3.05, 3.63) is 5.89 Å². The van der Waals surface area contributed by atoms with Crippen molar-refractivity contribution < 1.29 is 4.42 Å². The number of anilines is 1. The highest BCUT2D eigenvalue weighted by Gasteiger charge is 2.37. The van der Waals surface area contributed by atoms with Crippen LogP contribution >= 0.6 is 0 Å². The number of nitrogens with two attached hydrogens (primary N) is 1. The van der Waals surface area contributed by atoms with Crippen molar-refractivity contribution in [1.29, 1.82) is 0 Å². The standard InChI is InChI=1S/C9H14N4O/c10-9-12-11-8(14-9)7-5-6-1-3-13(7)4-2-6/h6-7H,1-5H2,(H2,10,12). The van der Waals surface area contributed by atoms with Crippen molar-refractivity contribution in [3.63, 3.8) is 0 Å². The SMILES string of the molecule is Nc1nnc(C2CC3CCN2CC3)o1. The Hall–Kier alpha value is -1.10. The normalized spacial score (nSPS) is 36.1. The van der Waals surface area contributed by atoms with Crippen molar-refractivity contribution in [3.8, 4) is 0 Å². The molecule has 1 aromatic heterocycles. The van der Waals surface area contributed by atoms with Gasteiger partial charge in [0, 0.05) is 0 Å². The summed E-state index contributed by atoms with van der Waals surface area (Å²) in [6.45, 7) is 2.33. The molecule has 0 aromatic carbocycles. The fourth-order valence-electron chi connectivity index (χ4n) is 2.60. The van der Waals surface area contributed by atoms with Gasteiger partial charge in [-0.05, 0) is 38.3 Å². The number of hydrogen-bond acceptors (Lipinski definition) is 5. The van der Waals surface area contributed by atoms with E-state index in [1.165, 1.54) is 12.8 Å². The van der Waals surface area contributed by atoms with Gasteiger partial charge in [-0.3, -0.25) is 4.90 Å². The molecule has 0 aliphatic carbocycles. The third-order valence-electron chi connectivity index (χ3n) is 3.39. The summed E-state index contributed by atoms with van der Waals surface area (Å²) in [5, 5.41) is 7.68. The van der Waals surface area contributed by atoms with E-state index in [2.05, 4.69) is 15.1 Å². The van der Waals surface area contributed by atoms with Crippen molar-refractivity contribution in [2.45, 2.75) is 25.3 Å². The van der Waals surface area contributed by atoms with Crippen LogP contribution in [0.15, 0.2) is 4.42 Å². The molecule has 1 atom stereocenters. The summed E-state index contributed by atoms with van der Waals surface area (Å²) in [4.78, 5) is 2.42. The lowest BCUT2D eigenvalue weighted by Crippen LogP contribution is -2.43. The molecule has 4 rings (SSSR count). The van der Waals surface area contributed by atoms with Gasteiger partial charge in [0.15, 0.2) is 0 Å². The molecule has 14 heavy (non-hydrogen) atoms. The fourth-order valence-corrected chi connectivity index (χ4v) is 2.60. The quantitative estimate of drug-likeness (QED) is 0.716. The van der Waals surface area contributed by atoms with Crippen molar-refractivity contribution in [1.82, 2.24) is 15.1 Å². The molecule has 1 unspecified atom stereocenters. The minimum Gasteiger partial charge on any atom is -0.407 e. The molecule has 2 N–H and O–H groups in total. The first-order valence-electron chi connectivity index (χ1n) is 5.16. The van der Waals surface area contributed by atoms with E-state index in [-0.39, 0.29) is 6.01 Å². The number of nitrogens with zero attached hydrogens (tertiary/aromatic N) is 3. The van der Waals surface area contributed by atoms with Gasteiger partial charge in [0.25, 0.3) is 0 Å². The number of piperidine rings is 3. The van der Waals surface area contributed by atoms with Crippen LogP contribution in [0.1, 0.15) is 31.2 Å². The second kappa shape index (κ2) is 2.95. The first-order chi connectivity index (χ1) is 6.83. The van der Waals surface area contributed by atoms with Crippen LogP contribution in [0, 0.1) is 5.92 Å². The maximum atomic E-state index is 5.42. The lowest BCUT2D eigenvalue weighted by molar-refractivity contribution is 0.0351. The largest absolute Gasteiger partial charge is 0.407 e. The second-order valence-electron chi connectivity index (χ2n) is 4.21. The van der Waals surface area contributed by atoms with E-state index in [0.29, 0.717) is 11.9 Å². The number of hydrogen-bond donors (Lipinski definition) is 1. The third-order valence-corrected chi connectivity index (χ3v) is 3.39. The van der Waals surface area contributed by atoms with Crippen LogP contribution < -0.4 is 5.73 Å². The zero-order valence-corrected chi connectivity index (χ0v) is 8.02. The molecule has 3 aliphatic heterocycles. The topological polar surface area (TPSA) is 68.2 Å². The van der Waals surface area contributed by atoms with E-state index in [0.717, 1.165) is 25.4 Å². The molecule has 1 aromatic rings. The van der Waals surface area contributed by atoms with Gasteiger partial charge in [0.1, 0.15) is 0 Å². The summed E-state index contributed by atoms with van der Waals surface area (Å²) >= 11 is 0. The predicted octanol–water partition coefficient (Wildman–Crippen LogP) is 0.809. The van der Waals surface area contributed by atoms with E-state index in [1.54, 1.807) is 0 Å². The summed E-state index contributed by atoms with van der Waals surface area (Å²) in [7, 11) is 0. The number of fused-ring (bicyclic) bond motifs is 3. The highest BCUT2D eigenvalue weighted by Crippen LogP contribution is 2.39. The van der Waals surface area contributed by atoms with Gasteiger partial charge in [-0.15, -0.1) is 5.10 Å². The summed E-state index contributed by atoms with van der Waals surface area (Å²) in [6, 6.07) is 0.509. The van der Waals surface area contributed by atoms with Crippen molar-refractivity contribution in [2.75, 3.05) is 18.8 Å². The highest BCUT2D eigenvalue weighted by molar-refractivity contribution is 5.08. The van der Waals surface area contributed by atoms with Crippen LogP contribution in [-0.2, 0) is 0 Å². The Morgan fingerprint density at radius 2 is 2.07 bits per heavy atom. The Bertz CT molecular complexity index is 329. The zero-order chi connectivity index (χ0) is 9.54. The van der Waals surface area contributed by atoms with E-state index < -0.39 is 0 Å². The Morgan fingerprint density at radius 1 is 1.29 bits per heavy atom. The molecule has 3 saturated heterocycles. The molecule has 4 heterocycles. The van der Waals surface area contributed by atoms with Gasteiger partial charge in [0.05, 0.1) is 6.04 Å². The molecule has 5 heteroatoms. The molecule has 0 amide bonds. The average Bonchev–Trinajstić information content (AvgIpc) is 2.66. The lowest BCUT2D eigenvalue weighted by atomic mass is 9.83. The highest BCUT2D eigenvalue weighted by atomic mass is 16.4. The smallest absolute Gasteiger partial charge is 0.312 e. The van der Waals surface area contributed by atoms with Gasteiger partial charge in [-0.2, -0.15) is 0 Å². The van der Waals surface area contributed by atoms with Gasteiger partial charge in [0.2, 0.25) is 5.89 Å². The minimum absolute atomic E-state index is 0.183. The molecule has 0 spiro atoms. The van der Waals surface area contributed by atoms with Crippen LogP contribution in [-0.4, -0.2) is 28.2 Å². The minimum atomic E-state index is 0.183. The fraction of sp³-hybridized carbons (Fsp3) is 0.778. The van der Waals surface area contributed by atoms with E-state index in [4.69, 9.17) is 10.2 Å². The van der Waals surface area contributed by atoms with Gasteiger partial charge in [-0.25, -0.2) is 0 Å². The summed E-state index contributed by atoms with van der Waals surface area (Å²) in [6.07, 6.45) is 3.79. The van der Waals surface area contributed by atoms with Gasteiger partial charge in [-0.1, -0.05) is 5.10 Å². The monoisotopic (exact) mass is 194 g/mol. The maximum absolute atomic E-state index is 5.42. The van der Waals surface area contributed by atoms with E-state index in [1.807, 2.05) is 0 Å².